The van der Waals surface area contributed by atoms with Crippen LogP contribution in [0.2, 0.25) is 5.02 Å². The quantitative estimate of drug-likeness (QED) is 0.289. The predicted octanol–water partition coefficient (Wildman–Crippen LogP) is 6.05. The molecule has 0 aliphatic carbocycles. The Morgan fingerprint density at radius 1 is 0.967 bits per heavy atom. The smallest absolute Gasteiger partial charge is 0.324 e. The molecular formula is C18H10ClF6N3OS. The zero-order chi connectivity index (χ0) is 22.1. The van der Waals surface area contributed by atoms with Gasteiger partial charge < -0.3 is 5.32 Å². The topological polar surface area (TPSA) is 54.9 Å². The molecule has 2 aromatic carbocycles. The molecule has 0 bridgehead atoms. The number of fused-ring (bicyclic) bond motifs is 1. The van der Waals surface area contributed by atoms with Crippen LogP contribution in [-0.4, -0.2) is 21.6 Å². The second-order valence-corrected chi connectivity index (χ2v) is 7.24. The average Bonchev–Trinajstić information content (AvgIpc) is 2.66. The molecule has 4 nitrogen and oxygen atoms in total. The van der Waals surface area contributed by atoms with Gasteiger partial charge in [-0.15, -0.1) is 0 Å². The maximum absolute atomic E-state index is 13.1. The van der Waals surface area contributed by atoms with E-state index in [1.165, 1.54) is 24.3 Å². The number of carbonyl (C=O) groups excluding carboxylic acids is 1. The number of hydrogen-bond acceptors (Lipinski definition) is 4. The molecule has 1 aromatic heterocycles. The van der Waals surface area contributed by atoms with Gasteiger partial charge in [-0.3, -0.25) is 4.79 Å². The molecule has 0 saturated heterocycles. The van der Waals surface area contributed by atoms with E-state index in [-0.39, 0.29) is 21.0 Å². The zero-order valence-electron chi connectivity index (χ0n) is 14.6. The van der Waals surface area contributed by atoms with E-state index in [2.05, 4.69) is 15.3 Å². The lowest BCUT2D eigenvalue weighted by atomic mass is 10.1. The number of thioether (sulfide) groups is 1. The third-order valence-corrected chi connectivity index (χ3v) is 5.05. The average molecular weight is 466 g/mol. The van der Waals surface area contributed by atoms with Gasteiger partial charge in [0.15, 0.2) is 0 Å². The van der Waals surface area contributed by atoms with Crippen molar-refractivity contribution in [2.24, 2.45) is 0 Å². The van der Waals surface area contributed by atoms with E-state index in [0.717, 1.165) is 12.1 Å². The molecule has 1 amide bonds. The minimum atomic E-state index is -4.80. The van der Waals surface area contributed by atoms with Crippen molar-refractivity contribution in [3.05, 3.63) is 58.9 Å². The van der Waals surface area contributed by atoms with Gasteiger partial charge in [-0.1, -0.05) is 47.6 Å². The summed E-state index contributed by atoms with van der Waals surface area (Å²) in [6, 6.07) is 8.90. The van der Waals surface area contributed by atoms with E-state index in [9.17, 15) is 31.1 Å². The molecule has 1 heterocycles. The Hall–Kier alpha value is -2.53. The summed E-state index contributed by atoms with van der Waals surface area (Å²) in [5.41, 5.74) is -1.74. The Labute approximate surface area is 174 Å². The van der Waals surface area contributed by atoms with Crippen LogP contribution >= 0.6 is 23.4 Å². The highest BCUT2D eigenvalue weighted by Gasteiger charge is 2.36. The Balaban J connectivity index is 1.85. The predicted molar refractivity (Wildman–Crippen MR) is 100 cm³/mol. The van der Waals surface area contributed by atoms with E-state index in [4.69, 9.17) is 11.6 Å². The van der Waals surface area contributed by atoms with Crippen LogP contribution in [-0.2, 0) is 17.1 Å². The number of para-hydroxylation sites is 2. The monoisotopic (exact) mass is 465 g/mol. The summed E-state index contributed by atoms with van der Waals surface area (Å²) >= 11 is 6.42. The van der Waals surface area contributed by atoms with E-state index < -0.39 is 41.1 Å². The highest BCUT2D eigenvalue weighted by Crippen LogP contribution is 2.39. The molecule has 12 heteroatoms. The lowest BCUT2D eigenvalue weighted by Gasteiger charge is -2.15. The fourth-order valence-electron chi connectivity index (χ4n) is 2.48. The van der Waals surface area contributed by atoms with Gasteiger partial charge in [0.25, 0.3) is 0 Å². The number of amides is 1. The first-order valence-corrected chi connectivity index (χ1v) is 9.45. The van der Waals surface area contributed by atoms with Crippen molar-refractivity contribution in [1.82, 2.24) is 9.97 Å². The molecule has 0 aliphatic heterocycles. The molecule has 0 fully saturated rings. The van der Waals surface area contributed by atoms with Crippen molar-refractivity contribution in [2.45, 2.75) is 17.4 Å². The number of anilines is 1. The van der Waals surface area contributed by atoms with Gasteiger partial charge in [0, 0.05) is 5.39 Å². The molecule has 158 valence electrons. The number of carbonyl (C=O) groups is 1. The molecule has 3 rings (SSSR count). The third-order valence-electron chi connectivity index (χ3n) is 3.75. The molecule has 0 atom stereocenters. The number of nitrogens with one attached hydrogen (secondary N) is 1. The highest BCUT2D eigenvalue weighted by molar-refractivity contribution is 8.00. The normalized spacial score (nSPS) is 12.2. The number of rotatable bonds is 4. The molecular weight excluding hydrogens is 456 g/mol. The standard InChI is InChI=1S/C18H10ClF6N3OS/c19-11-6-3-5-10(17(20,21)22)14(11)27-13(29)8-30-15-9-4-1-2-7-12(9)26-16(28-15)18(23,24)25/h1-7H,8H2,(H,27,29). The Bertz CT molecular complexity index is 1100. The van der Waals surface area contributed by atoms with Crippen LogP contribution in [0.15, 0.2) is 47.5 Å². The summed E-state index contributed by atoms with van der Waals surface area (Å²) < 4.78 is 78.5. The van der Waals surface area contributed by atoms with Crippen LogP contribution in [0.5, 0.6) is 0 Å². The summed E-state index contributed by atoms with van der Waals surface area (Å²) in [5.74, 6) is -2.77. The van der Waals surface area contributed by atoms with Crippen molar-refractivity contribution >= 4 is 45.9 Å². The summed E-state index contributed by atoms with van der Waals surface area (Å²) in [6.45, 7) is 0. The second-order valence-electron chi connectivity index (χ2n) is 5.86. The van der Waals surface area contributed by atoms with Crippen LogP contribution in [0.1, 0.15) is 11.4 Å². The highest BCUT2D eigenvalue weighted by atomic mass is 35.5. The first-order chi connectivity index (χ1) is 14.0. The van der Waals surface area contributed by atoms with Crippen molar-refractivity contribution < 1.29 is 31.1 Å². The molecule has 0 unspecified atom stereocenters. The largest absolute Gasteiger partial charge is 0.451 e. The van der Waals surface area contributed by atoms with Gasteiger partial charge in [0.05, 0.1) is 27.5 Å². The minimum Gasteiger partial charge on any atom is -0.324 e. The number of hydrogen-bond donors (Lipinski definition) is 1. The second kappa shape index (κ2) is 8.31. The first-order valence-electron chi connectivity index (χ1n) is 8.09. The molecule has 1 N–H and O–H groups in total. The van der Waals surface area contributed by atoms with E-state index in [1.54, 1.807) is 6.07 Å². The fraction of sp³-hybridized carbons (Fsp3) is 0.167. The Morgan fingerprint density at radius 3 is 2.33 bits per heavy atom. The van der Waals surface area contributed by atoms with Gasteiger partial charge in [0.1, 0.15) is 5.03 Å². The van der Waals surface area contributed by atoms with E-state index in [1.807, 2.05) is 0 Å². The molecule has 0 saturated carbocycles. The van der Waals surface area contributed by atoms with Crippen molar-refractivity contribution in [2.75, 3.05) is 11.1 Å². The van der Waals surface area contributed by atoms with Crippen LogP contribution in [0.25, 0.3) is 10.9 Å². The zero-order valence-corrected chi connectivity index (χ0v) is 16.2. The number of alkyl halides is 6. The Morgan fingerprint density at radius 2 is 1.67 bits per heavy atom. The SMILES string of the molecule is O=C(CSc1nc(C(F)(F)F)nc2ccccc12)Nc1c(Cl)cccc1C(F)(F)F. The van der Waals surface area contributed by atoms with Crippen LogP contribution in [0.3, 0.4) is 0 Å². The van der Waals surface area contributed by atoms with E-state index in [0.29, 0.717) is 11.8 Å². The van der Waals surface area contributed by atoms with Crippen molar-refractivity contribution in [3.8, 4) is 0 Å². The van der Waals surface area contributed by atoms with Gasteiger partial charge >= 0.3 is 12.4 Å². The molecule has 30 heavy (non-hydrogen) atoms. The van der Waals surface area contributed by atoms with Gasteiger partial charge in [-0.2, -0.15) is 26.3 Å². The lowest BCUT2D eigenvalue weighted by Crippen LogP contribution is -2.19. The molecule has 0 aliphatic rings. The van der Waals surface area contributed by atoms with Gasteiger partial charge in [-0.25, -0.2) is 9.97 Å². The first kappa shape index (κ1) is 22.2. The molecule has 0 radical (unpaired) electrons. The maximum atomic E-state index is 13.1. The number of nitrogens with zero attached hydrogens (tertiary/aromatic N) is 2. The van der Waals surface area contributed by atoms with Gasteiger partial charge in [0.2, 0.25) is 11.7 Å². The Kier molecular flexibility index (Phi) is 6.14. The van der Waals surface area contributed by atoms with Crippen LogP contribution < -0.4 is 5.32 Å². The number of aromatic nitrogens is 2. The minimum absolute atomic E-state index is 0.0215. The summed E-state index contributed by atoms with van der Waals surface area (Å²) in [7, 11) is 0. The summed E-state index contributed by atoms with van der Waals surface area (Å²) in [4.78, 5) is 19.1. The molecule has 0 spiro atoms. The van der Waals surface area contributed by atoms with Crippen molar-refractivity contribution in [3.63, 3.8) is 0 Å². The van der Waals surface area contributed by atoms with Crippen LogP contribution in [0, 0.1) is 0 Å². The summed E-state index contributed by atoms with van der Waals surface area (Å²) in [5, 5.41) is 1.90. The third kappa shape index (κ3) is 4.96. The molecule has 3 aromatic rings. The summed E-state index contributed by atoms with van der Waals surface area (Å²) in [6.07, 6.45) is -9.56. The number of halogens is 7. The maximum Gasteiger partial charge on any atom is 0.451 e. The fourth-order valence-corrected chi connectivity index (χ4v) is 3.52. The van der Waals surface area contributed by atoms with Crippen molar-refractivity contribution in [1.29, 1.82) is 0 Å². The number of benzene rings is 2. The van der Waals surface area contributed by atoms with E-state index >= 15 is 0 Å². The van der Waals surface area contributed by atoms with Crippen LogP contribution in [0.4, 0.5) is 32.0 Å². The van der Waals surface area contributed by atoms with Gasteiger partial charge in [-0.05, 0) is 18.2 Å². The lowest BCUT2D eigenvalue weighted by molar-refractivity contribution is -0.145.